The molecular formula is C17H18F2N2O4S. The molecule has 0 amide bonds. The number of anilines is 1. The number of carboxylic acid groups (broad SMARTS) is 1. The molecule has 6 nitrogen and oxygen atoms in total. The van der Waals surface area contributed by atoms with Crippen LogP contribution in [-0.4, -0.2) is 27.7 Å². The summed E-state index contributed by atoms with van der Waals surface area (Å²) in [5, 5.41) is 8.95. The van der Waals surface area contributed by atoms with Gasteiger partial charge in [0.05, 0.1) is 7.11 Å². The second-order valence-electron chi connectivity index (χ2n) is 6.47. The topological polar surface area (TPSA) is 94.5 Å². The number of hydrogen-bond acceptors (Lipinski definition) is 5. The molecule has 1 atom stereocenters. The van der Waals surface area contributed by atoms with E-state index in [-0.39, 0.29) is 17.0 Å². The lowest BCUT2D eigenvalue weighted by Gasteiger charge is -2.21. The van der Waals surface area contributed by atoms with Crippen LogP contribution in [0.25, 0.3) is 0 Å². The van der Waals surface area contributed by atoms with Crippen LogP contribution in [0.2, 0.25) is 0 Å². The first-order valence-corrected chi connectivity index (χ1v) is 8.65. The molecule has 1 heterocycles. The van der Waals surface area contributed by atoms with Gasteiger partial charge in [0.15, 0.2) is 5.82 Å². The molecule has 1 aromatic heterocycles. The zero-order valence-electron chi connectivity index (χ0n) is 14.6. The molecule has 0 aliphatic heterocycles. The Labute approximate surface area is 152 Å². The van der Waals surface area contributed by atoms with Crippen LogP contribution in [0.4, 0.5) is 14.5 Å². The van der Waals surface area contributed by atoms with Gasteiger partial charge in [-0.2, -0.15) is 4.72 Å². The van der Waals surface area contributed by atoms with Gasteiger partial charge >= 0.3 is 5.97 Å². The number of nitrogens with zero attached hydrogens (tertiary/aromatic N) is 1. The van der Waals surface area contributed by atoms with Crippen molar-refractivity contribution >= 4 is 23.0 Å². The third-order valence-electron chi connectivity index (χ3n) is 3.56. The second-order valence-corrected chi connectivity index (χ2v) is 7.65. The molecule has 2 N–H and O–H groups in total. The van der Waals surface area contributed by atoms with Gasteiger partial charge in [0.25, 0.3) is 0 Å². The summed E-state index contributed by atoms with van der Waals surface area (Å²) < 4.78 is 47.7. The van der Waals surface area contributed by atoms with Crippen LogP contribution in [0.1, 0.15) is 36.7 Å². The van der Waals surface area contributed by atoms with Crippen molar-refractivity contribution in [3.05, 3.63) is 47.2 Å². The summed E-state index contributed by atoms with van der Waals surface area (Å²) in [6.45, 7) is 5.86. The fourth-order valence-electron chi connectivity index (χ4n) is 2.09. The van der Waals surface area contributed by atoms with Crippen LogP contribution >= 0.6 is 0 Å². The summed E-state index contributed by atoms with van der Waals surface area (Å²) in [7, 11) is 1.37. The highest BCUT2D eigenvalue weighted by Gasteiger charge is 2.26. The third kappa shape index (κ3) is 4.23. The van der Waals surface area contributed by atoms with Crippen LogP contribution in [0.15, 0.2) is 29.3 Å². The SMILES string of the molecule is COc1ncc(C(C)(C)C)cc1N[S+]([O-])c1cc(C(=O)O)c(F)cc1F. The number of carboxylic acids is 1. The number of halogens is 2. The standard InChI is InChI=1S/C17H18F2N2O4S/c1-17(2,3)9-5-13(15(25-4)20-8-9)21-26(24)14-6-10(16(22)23)11(18)7-12(14)19/h5-8,21H,1-4H3,(H,22,23). The Balaban J connectivity index is 2.43. The highest BCUT2D eigenvalue weighted by molar-refractivity contribution is 7.92. The van der Waals surface area contributed by atoms with Crippen molar-refractivity contribution in [1.82, 2.24) is 4.98 Å². The Morgan fingerprint density at radius 1 is 1.27 bits per heavy atom. The van der Waals surface area contributed by atoms with Gasteiger partial charge in [0.1, 0.15) is 28.4 Å². The molecule has 2 rings (SSSR count). The summed E-state index contributed by atoms with van der Waals surface area (Å²) in [6, 6.07) is 2.74. The molecule has 26 heavy (non-hydrogen) atoms. The molecule has 0 spiro atoms. The number of pyridine rings is 1. The van der Waals surface area contributed by atoms with Crippen molar-refractivity contribution in [1.29, 1.82) is 0 Å². The van der Waals surface area contributed by atoms with E-state index in [1.165, 1.54) is 7.11 Å². The maximum Gasteiger partial charge on any atom is 0.338 e. The molecule has 0 aliphatic carbocycles. The predicted octanol–water partition coefficient (Wildman–Crippen LogP) is 3.50. The number of carbonyl (C=O) groups is 1. The molecule has 140 valence electrons. The molecule has 0 radical (unpaired) electrons. The van der Waals surface area contributed by atoms with E-state index in [0.717, 1.165) is 5.56 Å². The Bertz CT molecular complexity index is 840. The van der Waals surface area contributed by atoms with E-state index in [1.807, 2.05) is 20.8 Å². The number of methoxy groups -OCH3 is 1. The minimum Gasteiger partial charge on any atom is -0.588 e. The van der Waals surface area contributed by atoms with E-state index in [2.05, 4.69) is 9.71 Å². The van der Waals surface area contributed by atoms with Gasteiger partial charge in [0.2, 0.25) is 10.8 Å². The van der Waals surface area contributed by atoms with Crippen LogP contribution in [0.3, 0.4) is 0 Å². The number of aromatic carboxylic acids is 1. The first-order valence-electron chi connectivity index (χ1n) is 7.50. The number of nitrogens with one attached hydrogen (secondary N) is 1. The van der Waals surface area contributed by atoms with Crippen LogP contribution in [0.5, 0.6) is 5.88 Å². The first-order chi connectivity index (χ1) is 12.0. The van der Waals surface area contributed by atoms with Crippen molar-refractivity contribution in [2.75, 3.05) is 11.8 Å². The minimum absolute atomic E-state index is 0.132. The average Bonchev–Trinajstić information content (AvgIpc) is 2.53. The lowest BCUT2D eigenvalue weighted by atomic mass is 9.88. The molecule has 0 saturated carbocycles. The van der Waals surface area contributed by atoms with E-state index in [1.54, 1.807) is 12.3 Å². The maximum absolute atomic E-state index is 14.0. The van der Waals surface area contributed by atoms with Gasteiger partial charge in [-0.15, -0.1) is 0 Å². The highest BCUT2D eigenvalue weighted by Crippen LogP contribution is 2.31. The van der Waals surface area contributed by atoms with Crippen LogP contribution < -0.4 is 9.46 Å². The Morgan fingerprint density at radius 3 is 2.46 bits per heavy atom. The van der Waals surface area contributed by atoms with Crippen molar-refractivity contribution < 1.29 is 28.0 Å². The molecule has 0 fully saturated rings. The lowest BCUT2D eigenvalue weighted by Crippen LogP contribution is -2.18. The highest BCUT2D eigenvalue weighted by atomic mass is 32.2. The van der Waals surface area contributed by atoms with E-state index in [0.29, 0.717) is 12.1 Å². The van der Waals surface area contributed by atoms with Crippen molar-refractivity contribution in [3.63, 3.8) is 0 Å². The lowest BCUT2D eigenvalue weighted by molar-refractivity contribution is 0.0691. The molecule has 0 bridgehead atoms. The number of hydrogen-bond donors (Lipinski definition) is 2. The zero-order chi connectivity index (χ0) is 19.6. The summed E-state index contributed by atoms with van der Waals surface area (Å²) >= 11 is -2.20. The third-order valence-corrected chi connectivity index (χ3v) is 4.68. The van der Waals surface area contributed by atoms with E-state index < -0.39 is 39.4 Å². The molecular weight excluding hydrogens is 366 g/mol. The number of aromatic nitrogens is 1. The summed E-state index contributed by atoms with van der Waals surface area (Å²) in [6.07, 6.45) is 1.61. The van der Waals surface area contributed by atoms with Crippen molar-refractivity contribution in [2.45, 2.75) is 31.1 Å². The quantitative estimate of drug-likeness (QED) is 0.767. The largest absolute Gasteiger partial charge is 0.588 e. The molecule has 9 heteroatoms. The zero-order valence-corrected chi connectivity index (χ0v) is 15.4. The second kappa shape index (κ2) is 7.46. The summed E-state index contributed by atoms with van der Waals surface area (Å²) in [5.74, 6) is -3.83. The number of benzene rings is 1. The summed E-state index contributed by atoms with van der Waals surface area (Å²) in [4.78, 5) is 14.6. The van der Waals surface area contributed by atoms with Gasteiger partial charge in [0, 0.05) is 18.3 Å². The molecule has 1 unspecified atom stereocenters. The fourth-order valence-corrected chi connectivity index (χ4v) is 3.00. The molecule has 0 saturated heterocycles. The normalized spacial score (nSPS) is 12.6. The molecule has 2 aromatic rings. The van der Waals surface area contributed by atoms with Crippen LogP contribution in [-0.2, 0) is 16.8 Å². The van der Waals surface area contributed by atoms with Gasteiger partial charge in [-0.3, -0.25) is 0 Å². The maximum atomic E-state index is 14.0. The number of ether oxygens (including phenoxy) is 1. The predicted molar refractivity (Wildman–Crippen MR) is 92.8 cm³/mol. The monoisotopic (exact) mass is 384 g/mol. The van der Waals surface area contributed by atoms with Gasteiger partial charge in [-0.25, -0.2) is 18.6 Å². The van der Waals surface area contributed by atoms with Gasteiger partial charge < -0.3 is 14.4 Å². The molecule has 1 aromatic carbocycles. The van der Waals surface area contributed by atoms with Gasteiger partial charge in [-0.05, 0) is 17.0 Å². The van der Waals surface area contributed by atoms with Crippen molar-refractivity contribution in [3.8, 4) is 5.88 Å². The first kappa shape index (κ1) is 19.9. The number of rotatable bonds is 5. The minimum atomic E-state index is -2.20. The fraction of sp³-hybridized carbons (Fsp3) is 0.294. The van der Waals surface area contributed by atoms with E-state index in [4.69, 9.17) is 9.84 Å². The van der Waals surface area contributed by atoms with Crippen LogP contribution in [0, 0.1) is 11.6 Å². The molecule has 0 aliphatic rings. The Morgan fingerprint density at radius 2 is 1.92 bits per heavy atom. The average molecular weight is 384 g/mol. The van der Waals surface area contributed by atoms with Gasteiger partial charge in [-0.1, -0.05) is 20.8 Å². The smallest absolute Gasteiger partial charge is 0.338 e. The van der Waals surface area contributed by atoms with Crippen molar-refractivity contribution in [2.24, 2.45) is 0 Å². The Kier molecular flexibility index (Phi) is 5.72. The van der Waals surface area contributed by atoms with E-state index >= 15 is 0 Å². The Hall–Kier alpha value is -2.39. The van der Waals surface area contributed by atoms with E-state index in [9.17, 15) is 18.1 Å². The summed E-state index contributed by atoms with van der Waals surface area (Å²) in [5.41, 5.74) is 0.0157.